The van der Waals surface area contributed by atoms with Crippen molar-refractivity contribution < 1.29 is 42.4 Å². The first-order valence-corrected chi connectivity index (χ1v) is 8.11. The van der Waals surface area contributed by atoms with Crippen molar-refractivity contribution in [2.75, 3.05) is 14.2 Å². The number of alkyl halides is 3. The molecule has 29 heavy (non-hydrogen) atoms. The molecule has 0 heterocycles. The van der Waals surface area contributed by atoms with E-state index in [4.69, 9.17) is 29.3 Å². The first kappa shape index (κ1) is 23.8. The molecule has 10 heteroatoms. The fraction of sp³-hybridized carbons (Fsp3) is 0.263. The van der Waals surface area contributed by atoms with Gasteiger partial charge in [0.1, 0.15) is 11.5 Å². The predicted molar refractivity (Wildman–Crippen MR) is 96.8 cm³/mol. The number of hydrogen-bond acceptors (Lipinski definition) is 5. The van der Waals surface area contributed by atoms with Gasteiger partial charge in [0.2, 0.25) is 0 Å². The van der Waals surface area contributed by atoms with Crippen LogP contribution in [0.2, 0.25) is 0 Å². The van der Waals surface area contributed by atoms with E-state index in [-0.39, 0.29) is 0 Å². The molecule has 0 aliphatic heterocycles. The number of aliphatic carboxylic acids is 2. The molecule has 0 radical (unpaired) electrons. The molecule has 0 saturated heterocycles. The predicted octanol–water partition coefficient (Wildman–Crippen LogP) is 3.17. The van der Waals surface area contributed by atoms with E-state index in [1.54, 1.807) is 26.4 Å². The molecule has 2 aromatic rings. The number of benzene rings is 2. The second-order valence-electron chi connectivity index (χ2n) is 5.63. The van der Waals surface area contributed by atoms with Gasteiger partial charge in [0.25, 0.3) is 0 Å². The number of carboxylic acid groups (broad SMARTS) is 2. The van der Waals surface area contributed by atoms with Crippen LogP contribution >= 0.6 is 0 Å². The Morgan fingerprint density at radius 1 is 0.897 bits per heavy atom. The second kappa shape index (κ2) is 10.9. The highest BCUT2D eigenvalue weighted by Crippen LogP contribution is 2.29. The lowest BCUT2D eigenvalue weighted by molar-refractivity contribution is -0.159. The van der Waals surface area contributed by atoms with Crippen molar-refractivity contribution in [2.45, 2.75) is 19.3 Å². The van der Waals surface area contributed by atoms with Crippen LogP contribution in [0.5, 0.6) is 11.5 Å². The maximum atomic E-state index is 12.7. The summed E-state index contributed by atoms with van der Waals surface area (Å²) in [6.45, 7) is 0.827. The van der Waals surface area contributed by atoms with Gasteiger partial charge in [-0.15, -0.1) is 0 Å². The Kier molecular flexibility index (Phi) is 8.94. The molecule has 3 N–H and O–H groups in total. The highest BCUT2D eigenvalue weighted by atomic mass is 19.4. The summed E-state index contributed by atoms with van der Waals surface area (Å²) < 4.78 is 48.4. The summed E-state index contributed by atoms with van der Waals surface area (Å²) >= 11 is 0. The van der Waals surface area contributed by atoms with Gasteiger partial charge in [0.15, 0.2) is 0 Å². The van der Waals surface area contributed by atoms with Gasteiger partial charge in [-0.25, -0.2) is 9.59 Å². The number of methoxy groups -OCH3 is 2. The molecule has 158 valence electrons. The largest absolute Gasteiger partial charge is 0.497 e. The number of nitrogens with one attached hydrogen (secondary N) is 1. The molecule has 0 atom stereocenters. The van der Waals surface area contributed by atoms with Crippen LogP contribution in [0.25, 0.3) is 0 Å². The maximum absolute atomic E-state index is 12.7. The minimum Gasteiger partial charge on any atom is -0.497 e. The molecule has 0 amide bonds. The molecule has 0 spiro atoms. The Balaban J connectivity index is 0.000000612. The summed E-state index contributed by atoms with van der Waals surface area (Å²) in [4.78, 5) is 18.2. The van der Waals surface area contributed by atoms with Gasteiger partial charge < -0.3 is 25.0 Å². The summed E-state index contributed by atoms with van der Waals surface area (Å²) in [5.74, 6) is -2.31. The molecule has 2 rings (SSSR count). The third kappa shape index (κ3) is 8.52. The van der Waals surface area contributed by atoms with Crippen molar-refractivity contribution in [3.8, 4) is 11.5 Å². The lowest BCUT2D eigenvalue weighted by atomic mass is 10.1. The lowest BCUT2D eigenvalue weighted by Crippen LogP contribution is -2.14. The molecule has 7 nitrogen and oxygen atoms in total. The lowest BCUT2D eigenvalue weighted by Gasteiger charge is -2.11. The summed E-state index contributed by atoms with van der Waals surface area (Å²) in [5, 5.41) is 17.9. The first-order chi connectivity index (χ1) is 13.6. The SMILES string of the molecule is COc1cc(CNCc2cccc(C(F)(F)F)c2)cc(OC)c1.O=C(O)C(=O)O. The molecule has 0 fully saturated rings. The van der Waals surface area contributed by atoms with Gasteiger partial charge in [0, 0.05) is 19.2 Å². The first-order valence-electron chi connectivity index (χ1n) is 8.11. The molecule has 0 aliphatic rings. The van der Waals surface area contributed by atoms with Gasteiger partial charge in [-0.2, -0.15) is 13.2 Å². The van der Waals surface area contributed by atoms with E-state index in [2.05, 4.69) is 5.32 Å². The minimum absolute atomic E-state index is 0.337. The summed E-state index contributed by atoms with van der Waals surface area (Å²) in [6, 6.07) is 10.7. The van der Waals surface area contributed by atoms with Crippen LogP contribution in [0.3, 0.4) is 0 Å². The van der Waals surface area contributed by atoms with Crippen LogP contribution in [0, 0.1) is 0 Å². The smallest absolute Gasteiger partial charge is 0.416 e. The number of rotatable bonds is 6. The molecule has 0 bridgehead atoms. The molecular formula is C19H20F3NO6. The van der Waals surface area contributed by atoms with Crippen molar-refractivity contribution in [3.63, 3.8) is 0 Å². The molecule has 0 saturated carbocycles. The van der Waals surface area contributed by atoms with Crippen molar-refractivity contribution in [2.24, 2.45) is 0 Å². The van der Waals surface area contributed by atoms with Gasteiger partial charge in [-0.3, -0.25) is 0 Å². The van der Waals surface area contributed by atoms with E-state index in [1.807, 2.05) is 12.1 Å². The van der Waals surface area contributed by atoms with E-state index in [0.29, 0.717) is 30.2 Å². The zero-order valence-corrected chi connectivity index (χ0v) is 15.6. The molecular weight excluding hydrogens is 395 g/mol. The fourth-order valence-corrected chi connectivity index (χ4v) is 2.18. The Bertz CT molecular complexity index is 805. The van der Waals surface area contributed by atoms with E-state index < -0.39 is 23.7 Å². The van der Waals surface area contributed by atoms with Crippen molar-refractivity contribution >= 4 is 11.9 Å². The number of halogens is 3. The van der Waals surface area contributed by atoms with E-state index in [0.717, 1.165) is 17.7 Å². The van der Waals surface area contributed by atoms with Crippen LogP contribution in [-0.2, 0) is 28.9 Å². The van der Waals surface area contributed by atoms with Crippen molar-refractivity contribution in [3.05, 3.63) is 59.2 Å². The zero-order valence-electron chi connectivity index (χ0n) is 15.6. The number of carboxylic acids is 2. The van der Waals surface area contributed by atoms with E-state index in [9.17, 15) is 13.2 Å². The van der Waals surface area contributed by atoms with Crippen molar-refractivity contribution in [1.29, 1.82) is 0 Å². The highest BCUT2D eigenvalue weighted by molar-refractivity contribution is 6.27. The van der Waals surface area contributed by atoms with Crippen molar-refractivity contribution in [1.82, 2.24) is 5.32 Å². The highest BCUT2D eigenvalue weighted by Gasteiger charge is 2.30. The number of ether oxygens (including phenoxy) is 2. The Hall–Kier alpha value is -3.27. The van der Waals surface area contributed by atoms with Gasteiger partial charge in [-0.05, 0) is 29.3 Å². The normalized spacial score (nSPS) is 10.5. The molecule has 0 aliphatic carbocycles. The Morgan fingerprint density at radius 3 is 1.86 bits per heavy atom. The third-order valence-electron chi connectivity index (χ3n) is 3.51. The van der Waals surface area contributed by atoms with Crippen LogP contribution in [0.1, 0.15) is 16.7 Å². The monoisotopic (exact) mass is 415 g/mol. The zero-order chi connectivity index (χ0) is 22.0. The second-order valence-corrected chi connectivity index (χ2v) is 5.63. The quantitative estimate of drug-likeness (QED) is 0.623. The van der Waals surface area contributed by atoms with Gasteiger partial charge >= 0.3 is 18.1 Å². The number of hydrogen-bond donors (Lipinski definition) is 3. The summed E-state index contributed by atoms with van der Waals surface area (Å²) in [7, 11) is 3.13. The molecule has 0 unspecified atom stereocenters. The summed E-state index contributed by atoms with van der Waals surface area (Å²) in [5.41, 5.74) is 0.864. The van der Waals surface area contributed by atoms with Crippen LogP contribution in [0.15, 0.2) is 42.5 Å². The average molecular weight is 415 g/mol. The molecule has 0 aromatic heterocycles. The van der Waals surface area contributed by atoms with Gasteiger partial charge in [-0.1, -0.05) is 18.2 Å². The topological polar surface area (TPSA) is 105 Å². The van der Waals surface area contributed by atoms with E-state index >= 15 is 0 Å². The maximum Gasteiger partial charge on any atom is 0.416 e. The van der Waals surface area contributed by atoms with Crippen LogP contribution in [-0.4, -0.2) is 36.4 Å². The fourth-order valence-electron chi connectivity index (χ4n) is 2.18. The standard InChI is InChI=1S/C17H18F3NO2.C2H2O4/c1-22-15-7-13(8-16(9-15)23-2)11-21-10-12-4-3-5-14(6-12)17(18,19)20;3-1(4)2(5)6/h3-9,21H,10-11H2,1-2H3;(H,3,4)(H,5,6). The third-order valence-corrected chi connectivity index (χ3v) is 3.51. The molecule has 2 aromatic carbocycles. The Morgan fingerprint density at radius 2 is 1.41 bits per heavy atom. The summed E-state index contributed by atoms with van der Waals surface area (Å²) in [6.07, 6.45) is -4.32. The minimum atomic E-state index is -4.32. The van der Waals surface area contributed by atoms with E-state index in [1.165, 1.54) is 6.07 Å². The number of carbonyl (C=O) groups is 2. The van der Waals surface area contributed by atoms with Gasteiger partial charge in [0.05, 0.1) is 19.8 Å². The van der Waals surface area contributed by atoms with Crippen LogP contribution < -0.4 is 14.8 Å². The average Bonchev–Trinajstić information content (AvgIpc) is 2.67. The Labute approximate surface area is 164 Å². The van der Waals surface area contributed by atoms with Crippen LogP contribution in [0.4, 0.5) is 13.2 Å².